The number of aliphatic hydroxyl groups is 1. The topological polar surface area (TPSA) is 89.6 Å². The smallest absolute Gasteiger partial charge is 0.322 e. The van der Waals surface area contributed by atoms with E-state index in [4.69, 9.17) is 15.6 Å². The van der Waals surface area contributed by atoms with Crippen molar-refractivity contribution in [1.82, 2.24) is 0 Å². The molecule has 0 spiro atoms. The van der Waals surface area contributed by atoms with Gasteiger partial charge < -0.3 is 15.6 Å². The van der Waals surface area contributed by atoms with Crippen LogP contribution in [0.1, 0.15) is 26.7 Å². The van der Waals surface area contributed by atoms with Gasteiger partial charge in [0, 0.05) is 0 Å². The van der Waals surface area contributed by atoms with Crippen molar-refractivity contribution in [3.05, 3.63) is 0 Å². The lowest BCUT2D eigenvalue weighted by molar-refractivity contribution is -0.145. The molecule has 82 valence electrons. The molecule has 1 unspecified atom stereocenters. The molecule has 0 aliphatic rings. The summed E-state index contributed by atoms with van der Waals surface area (Å²) in [6.07, 6.45) is -0.190. The lowest BCUT2D eigenvalue weighted by Gasteiger charge is -2.08. The lowest BCUT2D eigenvalue weighted by Crippen LogP contribution is -2.29. The predicted octanol–water partition coefficient (Wildman–Crippen LogP) is -0.393. The van der Waals surface area contributed by atoms with Crippen LogP contribution in [-0.4, -0.2) is 35.6 Å². The van der Waals surface area contributed by atoms with Crippen molar-refractivity contribution < 1.29 is 19.4 Å². The lowest BCUT2D eigenvalue weighted by atomic mass is 10.1. The first-order chi connectivity index (χ1) is 6.45. The highest BCUT2D eigenvalue weighted by atomic mass is 16.5. The van der Waals surface area contributed by atoms with Gasteiger partial charge in [0.25, 0.3) is 0 Å². The number of esters is 1. The highest BCUT2D eigenvalue weighted by molar-refractivity contribution is 5.80. The predicted molar refractivity (Wildman–Crippen MR) is 50.5 cm³/mol. The highest BCUT2D eigenvalue weighted by Gasteiger charge is 2.11. The average molecular weight is 203 g/mol. The van der Waals surface area contributed by atoms with Crippen molar-refractivity contribution in [2.75, 3.05) is 6.61 Å². The van der Waals surface area contributed by atoms with Gasteiger partial charge >= 0.3 is 5.97 Å². The van der Waals surface area contributed by atoms with Crippen LogP contribution in [0.15, 0.2) is 0 Å². The number of rotatable bonds is 6. The SMILES string of the molecule is CC(=O)C(O)CCCOC(=O)[C@H](C)N. The van der Waals surface area contributed by atoms with E-state index >= 15 is 0 Å². The third-order valence-electron chi connectivity index (χ3n) is 1.71. The van der Waals surface area contributed by atoms with Gasteiger partial charge in [-0.05, 0) is 26.7 Å². The summed E-state index contributed by atoms with van der Waals surface area (Å²) in [5.41, 5.74) is 5.25. The second kappa shape index (κ2) is 6.50. The van der Waals surface area contributed by atoms with Gasteiger partial charge in [-0.2, -0.15) is 0 Å². The van der Waals surface area contributed by atoms with E-state index in [0.29, 0.717) is 12.8 Å². The van der Waals surface area contributed by atoms with Gasteiger partial charge in [0.2, 0.25) is 0 Å². The third-order valence-corrected chi connectivity index (χ3v) is 1.71. The Hall–Kier alpha value is -0.940. The van der Waals surface area contributed by atoms with Crippen LogP contribution >= 0.6 is 0 Å². The van der Waals surface area contributed by atoms with E-state index in [9.17, 15) is 9.59 Å². The molecule has 0 aromatic carbocycles. The molecule has 0 rings (SSSR count). The Balaban J connectivity index is 3.47. The summed E-state index contributed by atoms with van der Waals surface area (Å²) in [5, 5.41) is 9.09. The molecule has 2 atom stereocenters. The number of aliphatic hydroxyl groups excluding tert-OH is 1. The van der Waals surface area contributed by atoms with Crippen LogP contribution in [-0.2, 0) is 14.3 Å². The molecule has 0 fully saturated rings. The second-order valence-corrected chi connectivity index (χ2v) is 3.22. The zero-order valence-electron chi connectivity index (χ0n) is 8.53. The van der Waals surface area contributed by atoms with E-state index in [2.05, 4.69) is 0 Å². The summed E-state index contributed by atoms with van der Waals surface area (Å²) < 4.78 is 4.75. The summed E-state index contributed by atoms with van der Waals surface area (Å²) in [7, 11) is 0. The number of carbonyl (C=O) groups is 2. The summed E-state index contributed by atoms with van der Waals surface area (Å²) in [6, 6.07) is -0.632. The van der Waals surface area contributed by atoms with Crippen LogP contribution < -0.4 is 5.73 Å². The summed E-state index contributed by atoms with van der Waals surface area (Å²) in [5.74, 6) is -0.745. The maximum absolute atomic E-state index is 10.8. The minimum Gasteiger partial charge on any atom is -0.465 e. The van der Waals surface area contributed by atoms with Crippen molar-refractivity contribution in [2.45, 2.75) is 38.8 Å². The Morgan fingerprint density at radius 2 is 2.07 bits per heavy atom. The molecule has 0 aromatic heterocycles. The quantitative estimate of drug-likeness (QED) is 0.453. The molecular weight excluding hydrogens is 186 g/mol. The first-order valence-corrected chi connectivity index (χ1v) is 4.56. The normalized spacial score (nSPS) is 14.6. The van der Waals surface area contributed by atoms with Crippen LogP contribution in [0.25, 0.3) is 0 Å². The van der Waals surface area contributed by atoms with Gasteiger partial charge in [0.15, 0.2) is 5.78 Å². The van der Waals surface area contributed by atoms with Crippen molar-refractivity contribution >= 4 is 11.8 Å². The number of nitrogens with two attached hydrogens (primary N) is 1. The Kier molecular flexibility index (Phi) is 6.07. The van der Waals surface area contributed by atoms with Crippen molar-refractivity contribution in [1.29, 1.82) is 0 Å². The van der Waals surface area contributed by atoms with Crippen LogP contribution in [0.2, 0.25) is 0 Å². The third kappa shape index (κ3) is 5.66. The van der Waals surface area contributed by atoms with E-state index in [-0.39, 0.29) is 12.4 Å². The fourth-order valence-electron chi connectivity index (χ4n) is 0.784. The fourth-order valence-corrected chi connectivity index (χ4v) is 0.784. The first-order valence-electron chi connectivity index (χ1n) is 4.56. The molecule has 0 saturated carbocycles. The molecule has 0 bridgehead atoms. The molecule has 0 amide bonds. The van der Waals surface area contributed by atoms with Crippen LogP contribution in [0.3, 0.4) is 0 Å². The number of carbonyl (C=O) groups excluding carboxylic acids is 2. The Morgan fingerprint density at radius 3 is 2.50 bits per heavy atom. The zero-order valence-corrected chi connectivity index (χ0v) is 8.53. The molecule has 0 aliphatic carbocycles. The number of hydrogen-bond donors (Lipinski definition) is 2. The van der Waals surface area contributed by atoms with Crippen LogP contribution in [0.5, 0.6) is 0 Å². The maximum atomic E-state index is 10.8. The monoisotopic (exact) mass is 203 g/mol. The Labute approximate surface area is 83.2 Å². The summed E-state index contributed by atoms with van der Waals surface area (Å²) in [6.45, 7) is 3.04. The molecule has 5 nitrogen and oxygen atoms in total. The summed E-state index contributed by atoms with van der Waals surface area (Å²) >= 11 is 0. The standard InChI is InChI=1S/C9H17NO4/c1-6(10)9(13)14-5-3-4-8(12)7(2)11/h6,8,12H,3-5,10H2,1-2H3/t6-,8?/m0/s1. The summed E-state index contributed by atoms with van der Waals surface area (Å²) in [4.78, 5) is 21.4. The van der Waals surface area contributed by atoms with E-state index in [1.165, 1.54) is 13.8 Å². The van der Waals surface area contributed by atoms with Gasteiger partial charge in [-0.3, -0.25) is 9.59 Å². The largest absolute Gasteiger partial charge is 0.465 e. The zero-order chi connectivity index (χ0) is 11.1. The van der Waals surface area contributed by atoms with Crippen molar-refractivity contribution in [3.8, 4) is 0 Å². The van der Waals surface area contributed by atoms with Gasteiger partial charge in [-0.25, -0.2) is 0 Å². The van der Waals surface area contributed by atoms with Gasteiger partial charge in [-0.15, -0.1) is 0 Å². The van der Waals surface area contributed by atoms with Gasteiger partial charge in [0.1, 0.15) is 12.1 Å². The number of ether oxygens (including phenoxy) is 1. The Morgan fingerprint density at radius 1 is 1.50 bits per heavy atom. The number of hydrogen-bond acceptors (Lipinski definition) is 5. The molecule has 0 aliphatic heterocycles. The molecule has 3 N–H and O–H groups in total. The molecular formula is C9H17NO4. The van der Waals surface area contributed by atoms with E-state index in [1.54, 1.807) is 0 Å². The highest BCUT2D eigenvalue weighted by Crippen LogP contribution is 1.99. The number of Topliss-reactive ketones (excluding diaryl/α,β-unsaturated/α-hetero) is 1. The molecule has 14 heavy (non-hydrogen) atoms. The average Bonchev–Trinajstić information content (AvgIpc) is 2.11. The van der Waals surface area contributed by atoms with Crippen molar-refractivity contribution in [3.63, 3.8) is 0 Å². The van der Waals surface area contributed by atoms with Crippen LogP contribution in [0, 0.1) is 0 Å². The maximum Gasteiger partial charge on any atom is 0.322 e. The fraction of sp³-hybridized carbons (Fsp3) is 0.778. The van der Waals surface area contributed by atoms with Crippen molar-refractivity contribution in [2.24, 2.45) is 5.73 Å². The first kappa shape index (κ1) is 13.1. The second-order valence-electron chi connectivity index (χ2n) is 3.22. The van der Waals surface area contributed by atoms with Gasteiger partial charge in [-0.1, -0.05) is 0 Å². The molecule has 5 heteroatoms. The molecule has 0 radical (unpaired) electrons. The Bertz CT molecular complexity index is 203. The van der Waals surface area contributed by atoms with E-state index < -0.39 is 18.1 Å². The van der Waals surface area contributed by atoms with E-state index in [1.807, 2.05) is 0 Å². The molecule has 0 heterocycles. The molecule has 0 aromatic rings. The van der Waals surface area contributed by atoms with E-state index in [0.717, 1.165) is 0 Å². The van der Waals surface area contributed by atoms with Crippen LogP contribution in [0.4, 0.5) is 0 Å². The van der Waals surface area contributed by atoms with Gasteiger partial charge in [0.05, 0.1) is 6.61 Å². The number of ketones is 1. The molecule has 0 saturated heterocycles. The minimum atomic E-state index is -0.955. The minimum absolute atomic E-state index is 0.185.